The third-order valence-electron chi connectivity index (χ3n) is 7.43. The summed E-state index contributed by atoms with van der Waals surface area (Å²) >= 11 is 0. The first-order chi connectivity index (χ1) is 25.1. The second kappa shape index (κ2) is 22.2. The standard InChI is InChI=1S/C33H46N10O9/c1-2-13-50-25-14-26(51-21-23-17-42(40-38-23)11-7-3-5-9-30(46)36-28(19-44)32(34)48)16-27(15-25)52-22-24-18-43(41-39-24)12-8-4-6-10-31(47)37-29(20-45)33(35)49/h1,14-18,28-29,44-45H,3-13,19-22H2,(H2,34,48)(H2,35,49)(H,36,46)(H,37,47)/t28-,29-/m0/s1. The van der Waals surface area contributed by atoms with Crippen LogP contribution < -0.4 is 36.3 Å². The molecule has 1 aromatic carbocycles. The fourth-order valence-corrected chi connectivity index (χ4v) is 4.68. The van der Waals surface area contributed by atoms with E-state index < -0.39 is 37.1 Å². The minimum Gasteiger partial charge on any atom is -0.487 e. The lowest BCUT2D eigenvalue weighted by molar-refractivity contribution is -0.128. The normalized spacial score (nSPS) is 11.9. The predicted octanol–water partition coefficient (Wildman–Crippen LogP) is -0.915. The van der Waals surface area contributed by atoms with E-state index in [1.165, 1.54) is 0 Å². The quantitative estimate of drug-likeness (QED) is 0.0432. The average Bonchev–Trinajstić information content (AvgIpc) is 3.79. The van der Waals surface area contributed by atoms with Crippen LogP contribution in [0.3, 0.4) is 0 Å². The van der Waals surface area contributed by atoms with Crippen LogP contribution in [-0.2, 0) is 45.5 Å². The van der Waals surface area contributed by atoms with Crippen LogP contribution in [0.2, 0.25) is 0 Å². The summed E-state index contributed by atoms with van der Waals surface area (Å²) in [5.41, 5.74) is 11.4. The maximum atomic E-state index is 11.9. The van der Waals surface area contributed by atoms with Gasteiger partial charge in [-0.1, -0.05) is 29.2 Å². The van der Waals surface area contributed by atoms with Crippen LogP contribution >= 0.6 is 0 Å². The first-order valence-electron chi connectivity index (χ1n) is 16.7. The third kappa shape index (κ3) is 15.0. The number of hydrogen-bond acceptors (Lipinski definition) is 13. The summed E-state index contributed by atoms with van der Waals surface area (Å²) in [5.74, 6) is 1.51. The maximum Gasteiger partial charge on any atom is 0.242 e. The first kappa shape index (κ1) is 40.7. The highest BCUT2D eigenvalue weighted by Gasteiger charge is 2.17. The minimum atomic E-state index is -1.08. The van der Waals surface area contributed by atoms with E-state index in [9.17, 15) is 19.2 Å². The fraction of sp³-hybridized carbons (Fsp3) is 0.515. The van der Waals surface area contributed by atoms with Gasteiger partial charge in [0, 0.05) is 44.1 Å². The Morgan fingerprint density at radius 2 is 1.13 bits per heavy atom. The number of carbonyl (C=O) groups is 4. The summed E-state index contributed by atoms with van der Waals surface area (Å²) < 4.78 is 20.9. The van der Waals surface area contributed by atoms with Crippen molar-refractivity contribution in [2.75, 3.05) is 19.8 Å². The van der Waals surface area contributed by atoms with E-state index in [0.29, 0.717) is 54.6 Å². The highest BCUT2D eigenvalue weighted by molar-refractivity contribution is 5.87. The van der Waals surface area contributed by atoms with Crippen LogP contribution in [0.5, 0.6) is 17.2 Å². The van der Waals surface area contributed by atoms with Crippen molar-refractivity contribution in [3.05, 3.63) is 42.0 Å². The Hall–Kier alpha value is -5.74. The van der Waals surface area contributed by atoms with Crippen molar-refractivity contribution < 1.29 is 43.6 Å². The molecule has 0 aliphatic carbocycles. The van der Waals surface area contributed by atoms with Gasteiger partial charge < -0.3 is 46.5 Å². The number of terminal acetylenes is 1. The van der Waals surface area contributed by atoms with Crippen LogP contribution in [0.1, 0.15) is 62.8 Å². The van der Waals surface area contributed by atoms with Crippen molar-refractivity contribution in [2.24, 2.45) is 11.5 Å². The van der Waals surface area contributed by atoms with Crippen molar-refractivity contribution in [1.29, 1.82) is 0 Å². The zero-order chi connectivity index (χ0) is 37.7. The minimum absolute atomic E-state index is 0.0496. The van der Waals surface area contributed by atoms with Gasteiger partial charge in [-0.05, 0) is 25.7 Å². The highest BCUT2D eigenvalue weighted by atomic mass is 16.5. The summed E-state index contributed by atoms with van der Waals surface area (Å²) in [7, 11) is 0. The topological polar surface area (TPSA) is 274 Å². The molecule has 3 rings (SSSR count). The second-order valence-electron chi connectivity index (χ2n) is 11.7. The Bertz CT molecular complexity index is 1530. The number of benzene rings is 1. The van der Waals surface area contributed by atoms with Crippen molar-refractivity contribution >= 4 is 23.6 Å². The molecule has 2 aromatic heterocycles. The number of ether oxygens (including phenoxy) is 3. The molecular weight excluding hydrogens is 680 g/mol. The molecule has 4 amide bonds. The average molecular weight is 727 g/mol. The number of nitrogens with zero attached hydrogens (tertiary/aromatic N) is 6. The summed E-state index contributed by atoms with van der Waals surface area (Å²) in [5, 5.41) is 39.5. The number of hydrogen-bond donors (Lipinski definition) is 6. The van der Waals surface area contributed by atoms with E-state index in [4.69, 9.17) is 42.3 Å². The molecule has 282 valence electrons. The lowest BCUT2D eigenvalue weighted by Crippen LogP contribution is -2.46. The number of aryl methyl sites for hydroxylation is 2. The molecule has 2 heterocycles. The molecule has 19 nitrogen and oxygen atoms in total. The fourth-order valence-electron chi connectivity index (χ4n) is 4.68. The van der Waals surface area contributed by atoms with Crippen LogP contribution in [0.25, 0.3) is 0 Å². The van der Waals surface area contributed by atoms with Crippen molar-refractivity contribution in [3.63, 3.8) is 0 Å². The number of carbonyl (C=O) groups excluding carboxylic acids is 4. The molecule has 0 spiro atoms. The van der Waals surface area contributed by atoms with Crippen LogP contribution in [0, 0.1) is 12.3 Å². The largest absolute Gasteiger partial charge is 0.487 e. The molecule has 52 heavy (non-hydrogen) atoms. The maximum absolute atomic E-state index is 11.9. The number of amides is 4. The Morgan fingerprint density at radius 3 is 1.52 bits per heavy atom. The molecule has 19 heteroatoms. The van der Waals surface area contributed by atoms with Gasteiger partial charge in [0.2, 0.25) is 23.6 Å². The summed E-state index contributed by atoms with van der Waals surface area (Å²) in [6.45, 7) is 0.374. The summed E-state index contributed by atoms with van der Waals surface area (Å²) in [4.78, 5) is 46.1. The van der Waals surface area contributed by atoms with Crippen molar-refractivity contribution in [3.8, 4) is 29.6 Å². The molecule has 0 saturated heterocycles. The molecule has 0 saturated carbocycles. The predicted molar refractivity (Wildman–Crippen MR) is 183 cm³/mol. The Labute approximate surface area is 300 Å². The number of aliphatic hydroxyl groups is 2. The lowest BCUT2D eigenvalue weighted by atomic mass is 10.1. The number of rotatable bonds is 26. The number of unbranched alkanes of at least 4 members (excludes halogenated alkanes) is 4. The second-order valence-corrected chi connectivity index (χ2v) is 11.7. The number of nitrogens with two attached hydrogens (primary N) is 2. The van der Waals surface area contributed by atoms with E-state index >= 15 is 0 Å². The van der Waals surface area contributed by atoms with Gasteiger partial charge in [-0.25, -0.2) is 0 Å². The zero-order valence-electron chi connectivity index (χ0n) is 28.8. The number of aromatic nitrogens is 6. The Kier molecular flexibility index (Phi) is 17.3. The highest BCUT2D eigenvalue weighted by Crippen LogP contribution is 2.29. The molecular formula is C33H46N10O9. The van der Waals surface area contributed by atoms with Gasteiger partial charge in [-0.3, -0.25) is 28.5 Å². The zero-order valence-corrected chi connectivity index (χ0v) is 28.8. The van der Waals surface area contributed by atoms with Crippen molar-refractivity contribution in [2.45, 2.75) is 89.8 Å². The van der Waals surface area contributed by atoms with Crippen LogP contribution in [-0.4, -0.2) is 95.7 Å². The van der Waals surface area contributed by atoms with E-state index in [-0.39, 0.29) is 44.5 Å². The molecule has 2 atom stereocenters. The van der Waals surface area contributed by atoms with Gasteiger partial charge in [0.15, 0.2) is 0 Å². The van der Waals surface area contributed by atoms with Gasteiger partial charge in [0.1, 0.15) is 60.5 Å². The number of nitrogens with one attached hydrogen (secondary N) is 2. The summed E-state index contributed by atoms with van der Waals surface area (Å²) in [6.07, 6.45) is 13.4. The van der Waals surface area contributed by atoms with E-state index in [2.05, 4.69) is 37.2 Å². The number of aliphatic hydroxyl groups excluding tert-OH is 2. The molecule has 0 aliphatic rings. The molecule has 0 fully saturated rings. The van der Waals surface area contributed by atoms with Gasteiger partial charge in [-0.15, -0.1) is 16.6 Å². The van der Waals surface area contributed by atoms with Crippen LogP contribution in [0.15, 0.2) is 30.6 Å². The molecule has 0 aliphatic heterocycles. The molecule has 0 radical (unpaired) electrons. The molecule has 8 N–H and O–H groups in total. The Morgan fingerprint density at radius 1 is 0.712 bits per heavy atom. The van der Waals surface area contributed by atoms with Gasteiger partial charge in [0.25, 0.3) is 0 Å². The van der Waals surface area contributed by atoms with Crippen molar-refractivity contribution in [1.82, 2.24) is 40.6 Å². The summed E-state index contributed by atoms with van der Waals surface area (Å²) in [6, 6.07) is 2.89. The SMILES string of the molecule is C#CCOc1cc(OCc2cn(CCCCCC(=O)N[C@@H](CO)C(N)=O)nn2)cc(OCc2cn(CCCCCC(=O)N[C@@H](CO)C(N)=O)nn2)c1. The van der Waals surface area contributed by atoms with E-state index in [1.807, 2.05) is 0 Å². The van der Waals surface area contributed by atoms with E-state index in [1.54, 1.807) is 40.0 Å². The first-order valence-corrected chi connectivity index (χ1v) is 16.7. The molecule has 0 unspecified atom stereocenters. The lowest BCUT2D eigenvalue weighted by Gasteiger charge is -2.12. The Balaban J connectivity index is 1.41. The molecule has 0 bridgehead atoms. The van der Waals surface area contributed by atoms with Crippen LogP contribution in [0.4, 0.5) is 0 Å². The van der Waals surface area contributed by atoms with E-state index in [0.717, 1.165) is 25.7 Å². The van der Waals surface area contributed by atoms with Gasteiger partial charge in [-0.2, -0.15) is 0 Å². The number of primary amides is 2. The van der Waals surface area contributed by atoms with Gasteiger partial charge in [0.05, 0.1) is 25.6 Å². The third-order valence-corrected chi connectivity index (χ3v) is 7.43. The monoisotopic (exact) mass is 726 g/mol. The molecule has 3 aromatic rings. The van der Waals surface area contributed by atoms with Gasteiger partial charge >= 0.3 is 0 Å². The smallest absolute Gasteiger partial charge is 0.242 e.